The molecule has 132 valence electrons. The normalized spacial score (nSPS) is 53.4. The molecule has 0 amide bonds. The van der Waals surface area contributed by atoms with E-state index < -0.39 is 0 Å². The van der Waals surface area contributed by atoms with Gasteiger partial charge in [0.2, 0.25) is 0 Å². The molecule has 0 aromatic heterocycles. The van der Waals surface area contributed by atoms with E-state index in [2.05, 4.69) is 19.8 Å². The molecule has 4 saturated carbocycles. The number of carbonyl (C=O) groups is 1. The number of fused-ring (bicyclic) bond motifs is 5. The lowest BCUT2D eigenvalue weighted by Crippen LogP contribution is -2.59. The third-order valence-corrected chi connectivity index (χ3v) is 9.46. The van der Waals surface area contributed by atoms with Gasteiger partial charge in [-0.05, 0) is 86.9 Å². The molecule has 0 heterocycles. The summed E-state index contributed by atoms with van der Waals surface area (Å²) in [4.78, 5) is 12.3. The number of Topliss-reactive ketones (excluding diaryl/α,β-unsaturated/α-hetero) is 1. The van der Waals surface area contributed by atoms with Gasteiger partial charge in [-0.3, -0.25) is 4.79 Å². The Labute approximate surface area is 148 Å². The van der Waals surface area contributed by atoms with Crippen molar-refractivity contribution in [2.24, 2.45) is 39.9 Å². The number of rotatable bonds is 1. The second kappa shape index (κ2) is 5.36. The van der Waals surface area contributed by atoms with Crippen LogP contribution in [0.15, 0.2) is 0 Å². The van der Waals surface area contributed by atoms with Gasteiger partial charge in [0, 0.05) is 11.3 Å². The molecule has 0 saturated heterocycles. The van der Waals surface area contributed by atoms with Crippen LogP contribution in [0.1, 0.15) is 85.0 Å². The highest BCUT2D eigenvalue weighted by molar-refractivity contribution is 5.79. The van der Waals surface area contributed by atoms with E-state index in [-0.39, 0.29) is 16.7 Å². The van der Waals surface area contributed by atoms with Gasteiger partial charge in [-0.25, -0.2) is 0 Å². The van der Waals surface area contributed by atoms with Crippen molar-refractivity contribution in [3.8, 4) is 12.3 Å². The van der Waals surface area contributed by atoms with Crippen molar-refractivity contribution >= 4 is 5.78 Å². The average Bonchev–Trinajstić information content (AvgIpc) is 2.92. The topological polar surface area (TPSA) is 17.1 Å². The van der Waals surface area contributed by atoms with Crippen molar-refractivity contribution < 1.29 is 4.79 Å². The third kappa shape index (κ3) is 1.92. The molecule has 0 aliphatic heterocycles. The Hall–Kier alpha value is -0.770. The van der Waals surface area contributed by atoms with Gasteiger partial charge in [0.1, 0.15) is 5.78 Å². The quantitative estimate of drug-likeness (QED) is 0.571. The Bertz CT molecular complexity index is 585. The minimum absolute atomic E-state index is 0.0692. The minimum atomic E-state index is 0.0692. The average molecular weight is 327 g/mol. The monoisotopic (exact) mass is 326 g/mol. The highest BCUT2D eigenvalue weighted by Gasteiger charge is 2.66. The van der Waals surface area contributed by atoms with E-state index in [9.17, 15) is 4.79 Å². The molecule has 0 aromatic rings. The predicted octanol–water partition coefficient (Wildman–Crippen LogP) is 5.63. The second-order valence-corrected chi connectivity index (χ2v) is 10.1. The second-order valence-electron chi connectivity index (χ2n) is 10.1. The van der Waals surface area contributed by atoms with Crippen molar-refractivity contribution in [1.29, 1.82) is 0 Å². The first kappa shape index (κ1) is 16.7. The first-order valence-corrected chi connectivity index (χ1v) is 10.4. The van der Waals surface area contributed by atoms with Gasteiger partial charge in [-0.15, -0.1) is 6.42 Å². The van der Waals surface area contributed by atoms with Gasteiger partial charge in [0.25, 0.3) is 0 Å². The summed E-state index contributed by atoms with van der Waals surface area (Å²) in [5.74, 6) is 6.24. The Morgan fingerprint density at radius 3 is 2.38 bits per heavy atom. The third-order valence-electron chi connectivity index (χ3n) is 9.46. The van der Waals surface area contributed by atoms with Gasteiger partial charge < -0.3 is 0 Å². The van der Waals surface area contributed by atoms with E-state index in [0.717, 1.165) is 12.3 Å². The molecule has 4 aliphatic carbocycles. The van der Waals surface area contributed by atoms with Crippen LogP contribution in [0.25, 0.3) is 0 Å². The fourth-order valence-corrected chi connectivity index (χ4v) is 8.37. The van der Waals surface area contributed by atoms with E-state index in [1.165, 1.54) is 57.8 Å². The summed E-state index contributed by atoms with van der Waals surface area (Å²) in [7, 11) is 0. The van der Waals surface area contributed by atoms with E-state index in [4.69, 9.17) is 6.42 Å². The van der Waals surface area contributed by atoms with Crippen molar-refractivity contribution in [2.75, 3.05) is 0 Å². The summed E-state index contributed by atoms with van der Waals surface area (Å²) < 4.78 is 0. The summed E-state index contributed by atoms with van der Waals surface area (Å²) in [6.45, 7) is 6.79. The Kier molecular flexibility index (Phi) is 3.73. The molecule has 4 fully saturated rings. The highest BCUT2D eigenvalue weighted by Crippen LogP contribution is 2.72. The molecule has 1 heteroatoms. The molecule has 4 rings (SSSR count). The van der Waals surface area contributed by atoms with E-state index in [1.807, 2.05) is 6.92 Å². The SMILES string of the molecule is C#C[C@@]12CC[C@H]3CCCC[C@]3(C)[C@H]1CC[C@]1(C)[C@@H](C(C)=O)CC[C@H]12. The summed E-state index contributed by atoms with van der Waals surface area (Å²) >= 11 is 0. The number of hydrogen-bond donors (Lipinski definition) is 0. The molecule has 4 aliphatic rings. The molecule has 0 spiro atoms. The van der Waals surface area contributed by atoms with Gasteiger partial charge >= 0.3 is 0 Å². The number of ketones is 1. The van der Waals surface area contributed by atoms with Crippen LogP contribution in [-0.4, -0.2) is 5.78 Å². The first-order valence-electron chi connectivity index (χ1n) is 10.4. The van der Waals surface area contributed by atoms with Crippen molar-refractivity contribution in [3.05, 3.63) is 0 Å². The molecule has 0 unspecified atom stereocenters. The van der Waals surface area contributed by atoms with Gasteiger partial charge in [0.15, 0.2) is 0 Å². The Morgan fingerprint density at radius 2 is 1.67 bits per heavy atom. The number of hydrogen-bond acceptors (Lipinski definition) is 1. The van der Waals surface area contributed by atoms with Crippen LogP contribution in [0.2, 0.25) is 0 Å². The van der Waals surface area contributed by atoms with Crippen LogP contribution in [0, 0.1) is 52.3 Å². The molecule has 1 nitrogen and oxygen atoms in total. The molecular weight excluding hydrogens is 292 g/mol. The summed E-state index contributed by atoms with van der Waals surface area (Å²) in [5, 5.41) is 0. The van der Waals surface area contributed by atoms with Crippen molar-refractivity contribution in [2.45, 2.75) is 85.0 Å². The maximum absolute atomic E-state index is 12.3. The highest BCUT2D eigenvalue weighted by atomic mass is 16.1. The smallest absolute Gasteiger partial charge is 0.133 e. The maximum atomic E-state index is 12.3. The number of carbonyl (C=O) groups excluding carboxylic acids is 1. The van der Waals surface area contributed by atoms with Crippen LogP contribution in [0.5, 0.6) is 0 Å². The zero-order chi connectivity index (χ0) is 17.2. The van der Waals surface area contributed by atoms with Crippen LogP contribution >= 0.6 is 0 Å². The maximum Gasteiger partial charge on any atom is 0.133 e. The predicted molar refractivity (Wildman–Crippen MR) is 98.3 cm³/mol. The largest absolute Gasteiger partial charge is 0.300 e. The minimum Gasteiger partial charge on any atom is -0.300 e. The van der Waals surface area contributed by atoms with Crippen LogP contribution < -0.4 is 0 Å². The lowest BCUT2D eigenvalue weighted by atomic mass is 9.39. The first-order chi connectivity index (χ1) is 11.4. The van der Waals surface area contributed by atoms with Gasteiger partial charge in [0.05, 0.1) is 0 Å². The molecule has 24 heavy (non-hydrogen) atoms. The standard InChI is InChI=1S/C23H34O/c1-5-23-15-11-17-8-6-7-13-21(17,3)20(23)12-14-22(4)18(16(2)24)9-10-19(22)23/h1,17-20H,6-15H2,2-4H3/t17-,18-,19-,20-,21+,22-,23+/m1/s1. The lowest BCUT2D eigenvalue weighted by Gasteiger charge is -2.64. The zero-order valence-corrected chi connectivity index (χ0v) is 15.9. The fourth-order valence-electron chi connectivity index (χ4n) is 8.37. The van der Waals surface area contributed by atoms with E-state index >= 15 is 0 Å². The molecule has 0 radical (unpaired) electrons. The van der Waals surface area contributed by atoms with Crippen LogP contribution in [-0.2, 0) is 4.79 Å². The van der Waals surface area contributed by atoms with Gasteiger partial charge in [-0.1, -0.05) is 32.6 Å². The summed E-state index contributed by atoms with van der Waals surface area (Å²) in [6.07, 6.45) is 19.2. The molecule has 7 atom stereocenters. The Balaban J connectivity index is 1.76. The van der Waals surface area contributed by atoms with Crippen molar-refractivity contribution in [1.82, 2.24) is 0 Å². The van der Waals surface area contributed by atoms with Crippen LogP contribution in [0.4, 0.5) is 0 Å². The van der Waals surface area contributed by atoms with Crippen molar-refractivity contribution in [3.63, 3.8) is 0 Å². The van der Waals surface area contributed by atoms with Gasteiger partial charge in [-0.2, -0.15) is 0 Å². The molecule has 0 N–H and O–H groups in total. The van der Waals surface area contributed by atoms with E-state index in [1.54, 1.807) is 0 Å². The van der Waals surface area contributed by atoms with Crippen LogP contribution in [0.3, 0.4) is 0 Å². The summed E-state index contributed by atoms with van der Waals surface area (Å²) in [5.41, 5.74) is 0.685. The molecule has 0 aromatic carbocycles. The number of terminal acetylenes is 1. The summed E-state index contributed by atoms with van der Waals surface area (Å²) in [6, 6.07) is 0. The fraction of sp³-hybridized carbons (Fsp3) is 0.870. The lowest BCUT2D eigenvalue weighted by molar-refractivity contribution is -0.150. The zero-order valence-electron chi connectivity index (χ0n) is 15.9. The molecule has 0 bridgehead atoms. The Morgan fingerprint density at radius 1 is 0.917 bits per heavy atom. The van der Waals surface area contributed by atoms with E-state index in [0.29, 0.717) is 23.0 Å². The molecular formula is C23H34O.